The third-order valence-corrected chi connectivity index (χ3v) is 6.50. The predicted octanol–water partition coefficient (Wildman–Crippen LogP) is 5.27. The number of fused-ring (bicyclic) bond motifs is 1. The second-order valence-corrected chi connectivity index (χ2v) is 8.87. The van der Waals surface area contributed by atoms with Crippen molar-refractivity contribution in [3.05, 3.63) is 79.4 Å². The minimum atomic E-state index is 0.428. The summed E-state index contributed by atoms with van der Waals surface area (Å²) in [6.07, 6.45) is 17.1. The van der Waals surface area contributed by atoms with Gasteiger partial charge in [-0.25, -0.2) is 9.97 Å². The normalized spacial score (nSPS) is 14.3. The van der Waals surface area contributed by atoms with Crippen LogP contribution in [0, 0.1) is 0 Å². The first-order chi connectivity index (χ1) is 17.3. The molecule has 9 nitrogen and oxygen atoms in total. The number of hydrogen-bond donors (Lipinski definition) is 2. The number of aromatic nitrogens is 7. The second-order valence-electron chi connectivity index (χ2n) is 8.87. The monoisotopic (exact) mass is 465 g/mol. The molecule has 0 saturated heterocycles. The van der Waals surface area contributed by atoms with E-state index in [1.54, 1.807) is 18.7 Å². The van der Waals surface area contributed by atoms with Crippen LogP contribution >= 0.6 is 0 Å². The fraction of sp³-hybridized carbons (Fsp3) is 0.269. The topological polar surface area (TPSA) is 98.4 Å². The highest BCUT2D eigenvalue weighted by molar-refractivity contribution is 5.85. The Morgan fingerprint density at radius 1 is 0.914 bits per heavy atom. The van der Waals surface area contributed by atoms with Crippen molar-refractivity contribution in [3.63, 3.8) is 0 Å². The van der Waals surface area contributed by atoms with Crippen LogP contribution in [0.1, 0.15) is 43.7 Å². The maximum absolute atomic E-state index is 4.90. The van der Waals surface area contributed by atoms with E-state index in [2.05, 4.69) is 25.2 Å². The van der Waals surface area contributed by atoms with Crippen LogP contribution in [0.2, 0.25) is 0 Å². The number of rotatable bonds is 7. The lowest BCUT2D eigenvalue weighted by Gasteiger charge is -2.23. The van der Waals surface area contributed by atoms with Crippen LogP contribution in [0.3, 0.4) is 0 Å². The van der Waals surface area contributed by atoms with Gasteiger partial charge >= 0.3 is 0 Å². The summed E-state index contributed by atoms with van der Waals surface area (Å²) in [6.45, 7) is 0.606. The molecule has 0 radical (unpaired) electrons. The van der Waals surface area contributed by atoms with Gasteiger partial charge in [-0.2, -0.15) is 9.97 Å². The van der Waals surface area contributed by atoms with Gasteiger partial charge in [-0.3, -0.25) is 4.98 Å². The lowest BCUT2D eigenvalue weighted by Crippen LogP contribution is -2.13. The smallest absolute Gasteiger partial charge is 0.231 e. The summed E-state index contributed by atoms with van der Waals surface area (Å²) in [5, 5.41) is 6.84. The number of hydrogen-bond acceptors (Lipinski definition) is 7. The van der Waals surface area contributed by atoms with Crippen molar-refractivity contribution >= 4 is 28.6 Å². The molecule has 0 amide bonds. The maximum atomic E-state index is 4.90. The maximum Gasteiger partial charge on any atom is 0.231 e. The summed E-state index contributed by atoms with van der Waals surface area (Å²) in [4.78, 5) is 22.7. The zero-order valence-corrected chi connectivity index (χ0v) is 19.4. The van der Waals surface area contributed by atoms with Crippen LogP contribution in [0.4, 0.5) is 17.5 Å². The van der Waals surface area contributed by atoms with Gasteiger partial charge in [0.05, 0.1) is 12.7 Å². The molecule has 176 valence electrons. The zero-order valence-electron chi connectivity index (χ0n) is 19.4. The zero-order chi connectivity index (χ0) is 23.5. The van der Waals surface area contributed by atoms with Crippen LogP contribution in [0.5, 0.6) is 0 Å². The third-order valence-electron chi connectivity index (χ3n) is 6.50. The lowest BCUT2D eigenvalue weighted by molar-refractivity contribution is 0.358. The highest BCUT2D eigenvalue weighted by atomic mass is 15.2. The highest BCUT2D eigenvalue weighted by Gasteiger charge is 2.21. The minimum Gasteiger partial charge on any atom is -0.364 e. The van der Waals surface area contributed by atoms with Crippen molar-refractivity contribution in [1.29, 1.82) is 0 Å². The average molecular weight is 466 g/mol. The van der Waals surface area contributed by atoms with E-state index in [1.165, 1.54) is 19.3 Å². The summed E-state index contributed by atoms with van der Waals surface area (Å²) in [5.41, 5.74) is 4.68. The molecule has 0 bridgehead atoms. The van der Waals surface area contributed by atoms with E-state index in [-0.39, 0.29) is 0 Å². The van der Waals surface area contributed by atoms with Gasteiger partial charge in [0.1, 0.15) is 0 Å². The first kappa shape index (κ1) is 21.3. The van der Waals surface area contributed by atoms with Crippen molar-refractivity contribution in [2.75, 3.05) is 10.6 Å². The van der Waals surface area contributed by atoms with Gasteiger partial charge < -0.3 is 19.8 Å². The summed E-state index contributed by atoms with van der Waals surface area (Å²) in [7, 11) is 0. The van der Waals surface area contributed by atoms with Crippen LogP contribution in [0.25, 0.3) is 16.9 Å². The van der Waals surface area contributed by atoms with Gasteiger partial charge in [0.15, 0.2) is 17.0 Å². The molecule has 1 fully saturated rings. The molecule has 6 rings (SSSR count). The first-order valence-corrected chi connectivity index (χ1v) is 12.1. The Labute approximate surface area is 203 Å². The molecule has 1 aromatic carbocycles. The Morgan fingerprint density at radius 3 is 2.57 bits per heavy atom. The molecule has 0 atom stereocenters. The van der Waals surface area contributed by atoms with E-state index in [0.29, 0.717) is 24.4 Å². The molecule has 5 aromatic rings. The fourth-order valence-corrected chi connectivity index (χ4v) is 4.67. The molecule has 2 N–H and O–H groups in total. The fourth-order valence-electron chi connectivity index (χ4n) is 4.67. The Morgan fingerprint density at radius 2 is 1.80 bits per heavy atom. The standard InChI is InChI=1S/C26H27N9/c1-2-6-22(7-3-1)35-18-30-23-24(29-16-19-5-4-12-27-15-19)32-26(33-25(23)35)31-20-8-10-21(11-9-20)34-14-13-28-17-34/h4-5,8-15,17-18,22H,1-3,6-7,16H2,(H2,29,31,32,33). The Kier molecular flexibility index (Phi) is 5.80. The first-order valence-electron chi connectivity index (χ1n) is 12.1. The van der Waals surface area contributed by atoms with E-state index in [1.807, 2.05) is 59.7 Å². The van der Waals surface area contributed by atoms with Crippen molar-refractivity contribution in [2.45, 2.75) is 44.7 Å². The van der Waals surface area contributed by atoms with Crippen molar-refractivity contribution in [3.8, 4) is 5.69 Å². The molecule has 35 heavy (non-hydrogen) atoms. The minimum absolute atomic E-state index is 0.428. The van der Waals surface area contributed by atoms with E-state index in [9.17, 15) is 0 Å². The molecule has 9 heteroatoms. The lowest BCUT2D eigenvalue weighted by atomic mass is 9.95. The second kappa shape index (κ2) is 9.54. The van der Waals surface area contributed by atoms with Crippen LogP contribution in [-0.4, -0.2) is 34.1 Å². The summed E-state index contributed by atoms with van der Waals surface area (Å²) >= 11 is 0. The van der Waals surface area contributed by atoms with E-state index < -0.39 is 0 Å². The van der Waals surface area contributed by atoms with Crippen molar-refractivity contribution < 1.29 is 0 Å². The summed E-state index contributed by atoms with van der Waals surface area (Å²) in [6, 6.07) is 12.5. The van der Waals surface area contributed by atoms with Crippen molar-refractivity contribution in [1.82, 2.24) is 34.1 Å². The van der Waals surface area contributed by atoms with Crippen LogP contribution in [-0.2, 0) is 6.54 Å². The molecule has 1 saturated carbocycles. The highest BCUT2D eigenvalue weighted by Crippen LogP contribution is 2.32. The van der Waals surface area contributed by atoms with Gasteiger partial charge in [-0.1, -0.05) is 25.3 Å². The molecular weight excluding hydrogens is 438 g/mol. The Balaban J connectivity index is 1.32. The van der Waals surface area contributed by atoms with Gasteiger partial charge in [-0.05, 0) is 48.7 Å². The molecule has 4 heterocycles. The number of nitrogens with one attached hydrogen (secondary N) is 2. The van der Waals surface area contributed by atoms with Gasteiger partial charge in [0.2, 0.25) is 5.95 Å². The average Bonchev–Trinajstić information content (AvgIpc) is 3.60. The van der Waals surface area contributed by atoms with Crippen LogP contribution < -0.4 is 10.6 Å². The predicted molar refractivity (Wildman–Crippen MR) is 136 cm³/mol. The molecule has 4 aromatic heterocycles. The van der Waals surface area contributed by atoms with Crippen molar-refractivity contribution in [2.24, 2.45) is 0 Å². The molecule has 0 unspecified atom stereocenters. The SMILES string of the molecule is c1cncc(CNc2nc(Nc3ccc(-n4ccnc4)cc3)nc3c2ncn3C2CCCCC2)c1. The Hall–Kier alpha value is -4.27. The molecular formula is C26H27N9. The number of imidazole rings is 2. The summed E-state index contributed by atoms with van der Waals surface area (Å²) < 4.78 is 4.20. The van der Waals surface area contributed by atoms with E-state index >= 15 is 0 Å². The Bertz CT molecular complexity index is 1390. The van der Waals surface area contributed by atoms with E-state index in [4.69, 9.17) is 15.0 Å². The van der Waals surface area contributed by atoms with Gasteiger partial charge in [0, 0.05) is 48.7 Å². The third kappa shape index (κ3) is 4.57. The number of benzene rings is 1. The molecule has 1 aliphatic rings. The quantitative estimate of drug-likeness (QED) is 0.338. The number of anilines is 3. The number of nitrogens with zero attached hydrogens (tertiary/aromatic N) is 7. The molecule has 0 aliphatic heterocycles. The van der Waals surface area contributed by atoms with Gasteiger partial charge in [-0.15, -0.1) is 0 Å². The molecule has 0 spiro atoms. The van der Waals surface area contributed by atoms with Gasteiger partial charge in [0.25, 0.3) is 0 Å². The van der Waals surface area contributed by atoms with E-state index in [0.717, 1.165) is 40.9 Å². The number of pyridine rings is 1. The van der Waals surface area contributed by atoms with Crippen LogP contribution in [0.15, 0.2) is 73.8 Å². The summed E-state index contributed by atoms with van der Waals surface area (Å²) in [5.74, 6) is 1.25. The largest absolute Gasteiger partial charge is 0.364 e. The molecule has 1 aliphatic carbocycles.